The van der Waals surface area contributed by atoms with Crippen LogP contribution in [0.15, 0.2) is 24.3 Å². The maximum Gasteiger partial charge on any atom is 0.231 e. The number of nitrogen functional groups attached to an aromatic ring is 1. The first-order chi connectivity index (χ1) is 9.51. The molecule has 1 aromatic rings. The van der Waals surface area contributed by atoms with Crippen molar-refractivity contribution >= 4 is 23.2 Å². The van der Waals surface area contributed by atoms with Gasteiger partial charge in [-0.25, -0.2) is 0 Å². The normalized spacial score (nSPS) is 10.5. The predicted octanol–water partition coefficient (Wildman–Crippen LogP) is 0.795. The summed E-state index contributed by atoms with van der Waals surface area (Å²) in [5.74, 6) is -0.415. The van der Waals surface area contributed by atoms with E-state index in [0.717, 1.165) is 6.54 Å². The highest BCUT2D eigenvalue weighted by Gasteiger charge is 2.07. The largest absolute Gasteiger partial charge is 0.399 e. The molecule has 0 saturated heterocycles. The average molecular weight is 278 g/mol. The number of nitrogens with one attached hydrogen (secondary N) is 1. The van der Waals surface area contributed by atoms with Gasteiger partial charge >= 0.3 is 0 Å². The summed E-state index contributed by atoms with van der Waals surface area (Å²) >= 11 is 0. The Hall–Kier alpha value is -2.08. The summed E-state index contributed by atoms with van der Waals surface area (Å²) in [4.78, 5) is 24.5. The predicted molar refractivity (Wildman–Crippen MR) is 80.0 cm³/mol. The molecule has 20 heavy (non-hydrogen) atoms. The number of anilines is 2. The molecule has 0 heterocycles. The number of amides is 2. The van der Waals surface area contributed by atoms with Gasteiger partial charge in [-0.3, -0.25) is 14.5 Å². The van der Waals surface area contributed by atoms with Crippen LogP contribution in [0.1, 0.15) is 19.8 Å². The number of carbonyl (C=O) groups is 2. The number of likely N-dealkylation sites (N-methyl/N-ethyl adjacent to an activating group) is 1. The van der Waals surface area contributed by atoms with Gasteiger partial charge in [0, 0.05) is 17.8 Å². The van der Waals surface area contributed by atoms with Crippen LogP contribution in [0.5, 0.6) is 0 Å². The minimum Gasteiger partial charge on any atom is -0.399 e. The summed E-state index contributed by atoms with van der Waals surface area (Å²) in [7, 11) is 0. The Morgan fingerprint density at radius 3 is 2.70 bits per heavy atom. The third kappa shape index (κ3) is 6.19. The maximum atomic E-state index is 11.8. The molecule has 0 atom stereocenters. The van der Waals surface area contributed by atoms with Gasteiger partial charge in [-0.1, -0.05) is 13.0 Å². The molecule has 1 rings (SSSR count). The fraction of sp³-hybridized carbons (Fsp3) is 0.429. The van der Waals surface area contributed by atoms with Crippen LogP contribution in [0.3, 0.4) is 0 Å². The zero-order chi connectivity index (χ0) is 15.0. The topological polar surface area (TPSA) is 101 Å². The molecule has 5 N–H and O–H groups in total. The lowest BCUT2D eigenvalue weighted by Gasteiger charge is -2.17. The van der Waals surface area contributed by atoms with Crippen LogP contribution in [-0.4, -0.2) is 36.3 Å². The number of primary amides is 1. The van der Waals surface area contributed by atoms with Gasteiger partial charge in [0.05, 0.1) is 6.54 Å². The van der Waals surface area contributed by atoms with Crippen LogP contribution in [0.2, 0.25) is 0 Å². The van der Waals surface area contributed by atoms with Crippen molar-refractivity contribution in [2.45, 2.75) is 19.8 Å². The molecule has 0 aliphatic carbocycles. The minimum absolute atomic E-state index is 0.0641. The SMILES string of the molecule is CCN(CCCC(=O)Nc1cccc(N)c1)CC(N)=O. The Morgan fingerprint density at radius 1 is 1.35 bits per heavy atom. The van der Waals surface area contributed by atoms with Gasteiger partial charge in [-0.05, 0) is 37.7 Å². The zero-order valence-electron chi connectivity index (χ0n) is 11.8. The van der Waals surface area contributed by atoms with Crippen molar-refractivity contribution in [3.05, 3.63) is 24.3 Å². The Balaban J connectivity index is 2.31. The molecule has 0 saturated carbocycles. The number of hydrogen-bond donors (Lipinski definition) is 3. The molecule has 2 amide bonds. The Morgan fingerprint density at radius 2 is 2.10 bits per heavy atom. The quantitative estimate of drug-likeness (QED) is 0.612. The second kappa shape index (κ2) is 8.16. The summed E-state index contributed by atoms with van der Waals surface area (Å²) in [6.45, 7) is 3.59. The lowest BCUT2D eigenvalue weighted by Crippen LogP contribution is -2.34. The molecular weight excluding hydrogens is 256 g/mol. The highest BCUT2D eigenvalue weighted by atomic mass is 16.2. The van der Waals surface area contributed by atoms with Crippen LogP contribution in [-0.2, 0) is 9.59 Å². The van der Waals surface area contributed by atoms with Gasteiger partial charge < -0.3 is 16.8 Å². The summed E-state index contributed by atoms with van der Waals surface area (Å²) in [5, 5.41) is 2.79. The molecule has 0 unspecified atom stereocenters. The van der Waals surface area contributed by atoms with E-state index in [-0.39, 0.29) is 18.4 Å². The van der Waals surface area contributed by atoms with E-state index in [2.05, 4.69) is 5.32 Å². The van der Waals surface area contributed by atoms with Crippen molar-refractivity contribution in [2.75, 3.05) is 30.7 Å². The maximum absolute atomic E-state index is 11.8. The van der Waals surface area contributed by atoms with E-state index in [4.69, 9.17) is 11.5 Å². The van der Waals surface area contributed by atoms with Crippen molar-refractivity contribution in [2.24, 2.45) is 5.73 Å². The van der Waals surface area contributed by atoms with Crippen LogP contribution >= 0.6 is 0 Å². The molecule has 1 aromatic carbocycles. The molecular formula is C14H22N4O2. The van der Waals surface area contributed by atoms with E-state index >= 15 is 0 Å². The van der Waals surface area contributed by atoms with Crippen molar-refractivity contribution in [3.8, 4) is 0 Å². The fourth-order valence-electron chi connectivity index (χ4n) is 1.87. The summed E-state index contributed by atoms with van der Waals surface area (Å²) < 4.78 is 0. The minimum atomic E-state index is -0.351. The Labute approximate surface area is 119 Å². The average Bonchev–Trinajstić information content (AvgIpc) is 2.37. The number of carbonyl (C=O) groups excluding carboxylic acids is 2. The molecule has 0 aliphatic heterocycles. The molecule has 6 nitrogen and oxygen atoms in total. The highest BCUT2D eigenvalue weighted by molar-refractivity contribution is 5.91. The smallest absolute Gasteiger partial charge is 0.231 e. The third-order valence-electron chi connectivity index (χ3n) is 2.88. The van der Waals surface area contributed by atoms with Crippen molar-refractivity contribution < 1.29 is 9.59 Å². The van der Waals surface area contributed by atoms with E-state index < -0.39 is 0 Å². The van der Waals surface area contributed by atoms with Gasteiger partial charge in [-0.2, -0.15) is 0 Å². The van der Waals surface area contributed by atoms with E-state index in [9.17, 15) is 9.59 Å². The monoisotopic (exact) mass is 278 g/mol. The second-order valence-corrected chi connectivity index (χ2v) is 4.61. The van der Waals surface area contributed by atoms with Gasteiger partial charge in [0.15, 0.2) is 0 Å². The van der Waals surface area contributed by atoms with Gasteiger partial charge in [-0.15, -0.1) is 0 Å². The van der Waals surface area contributed by atoms with E-state index in [1.54, 1.807) is 24.3 Å². The Kier molecular flexibility index (Phi) is 6.52. The molecule has 0 radical (unpaired) electrons. The Bertz CT molecular complexity index is 462. The first-order valence-electron chi connectivity index (χ1n) is 6.67. The lowest BCUT2D eigenvalue weighted by molar-refractivity contribution is -0.119. The molecule has 0 bridgehead atoms. The molecule has 0 aromatic heterocycles. The first kappa shape index (κ1) is 16.0. The van der Waals surface area contributed by atoms with Crippen molar-refractivity contribution in [3.63, 3.8) is 0 Å². The van der Waals surface area contributed by atoms with Crippen molar-refractivity contribution in [1.29, 1.82) is 0 Å². The van der Waals surface area contributed by atoms with E-state index in [1.165, 1.54) is 0 Å². The zero-order valence-corrected chi connectivity index (χ0v) is 11.8. The highest BCUT2D eigenvalue weighted by Crippen LogP contribution is 2.12. The number of rotatable bonds is 8. The molecule has 6 heteroatoms. The van der Waals surface area contributed by atoms with E-state index in [0.29, 0.717) is 30.8 Å². The second-order valence-electron chi connectivity index (χ2n) is 4.61. The number of benzene rings is 1. The standard InChI is InChI=1S/C14H22N4O2/c1-2-18(10-13(16)19)8-4-7-14(20)17-12-6-3-5-11(15)9-12/h3,5-6,9H,2,4,7-8,10,15H2,1H3,(H2,16,19)(H,17,20). The van der Waals surface area contributed by atoms with Crippen LogP contribution in [0.25, 0.3) is 0 Å². The van der Waals surface area contributed by atoms with Crippen LogP contribution in [0, 0.1) is 0 Å². The van der Waals surface area contributed by atoms with Crippen LogP contribution in [0.4, 0.5) is 11.4 Å². The summed E-state index contributed by atoms with van der Waals surface area (Å²) in [6, 6.07) is 7.05. The number of nitrogens with zero attached hydrogens (tertiary/aromatic N) is 1. The molecule has 0 aliphatic rings. The lowest BCUT2D eigenvalue weighted by atomic mass is 10.2. The summed E-state index contributed by atoms with van der Waals surface area (Å²) in [5.41, 5.74) is 12.1. The van der Waals surface area contributed by atoms with Gasteiger partial charge in [0.25, 0.3) is 0 Å². The molecule has 110 valence electrons. The third-order valence-corrected chi connectivity index (χ3v) is 2.88. The first-order valence-corrected chi connectivity index (χ1v) is 6.67. The van der Waals surface area contributed by atoms with Crippen LogP contribution < -0.4 is 16.8 Å². The van der Waals surface area contributed by atoms with E-state index in [1.807, 2.05) is 11.8 Å². The van der Waals surface area contributed by atoms with Gasteiger partial charge in [0.2, 0.25) is 11.8 Å². The number of nitrogens with two attached hydrogens (primary N) is 2. The molecule has 0 spiro atoms. The fourth-order valence-corrected chi connectivity index (χ4v) is 1.87. The summed E-state index contributed by atoms with van der Waals surface area (Å²) in [6.07, 6.45) is 1.07. The molecule has 0 fully saturated rings. The number of hydrogen-bond acceptors (Lipinski definition) is 4. The van der Waals surface area contributed by atoms with Gasteiger partial charge in [0.1, 0.15) is 0 Å². The van der Waals surface area contributed by atoms with Crippen molar-refractivity contribution in [1.82, 2.24) is 4.90 Å².